The number of aryl methyl sites for hydroxylation is 1. The molecule has 0 atom stereocenters. The van der Waals surface area contributed by atoms with Gasteiger partial charge in [0.1, 0.15) is 11.6 Å². The molecule has 1 aromatic carbocycles. The second kappa shape index (κ2) is 4.68. The Kier molecular flexibility index (Phi) is 3.26. The van der Waals surface area contributed by atoms with Crippen LogP contribution in [0.2, 0.25) is 5.02 Å². The zero-order chi connectivity index (χ0) is 12.4. The molecule has 2 aromatic rings. The second-order valence-corrected chi connectivity index (χ2v) is 4.42. The molecule has 1 amide bonds. The smallest absolute Gasteiger partial charge is 0.259 e. The number of nitrogens with zero attached hydrogens (tertiary/aromatic N) is 2. The van der Waals surface area contributed by atoms with Crippen LogP contribution in [0, 0.1) is 6.92 Å². The van der Waals surface area contributed by atoms with Gasteiger partial charge in [0.05, 0.1) is 10.6 Å². The minimum absolute atomic E-state index is 0.0204. The fraction of sp³-hybridized carbons (Fsp3) is 0.100. The van der Waals surface area contributed by atoms with Gasteiger partial charge in [-0.2, -0.15) is 4.37 Å². The van der Waals surface area contributed by atoms with E-state index in [1.807, 2.05) is 0 Å². The van der Waals surface area contributed by atoms with Crippen LogP contribution >= 0.6 is 23.1 Å². The molecule has 1 heterocycles. The van der Waals surface area contributed by atoms with E-state index in [1.165, 1.54) is 18.2 Å². The molecule has 2 N–H and O–H groups in total. The maximum atomic E-state index is 11.8. The summed E-state index contributed by atoms with van der Waals surface area (Å²) in [7, 11) is 0. The van der Waals surface area contributed by atoms with E-state index in [1.54, 1.807) is 6.92 Å². The molecule has 0 unspecified atom stereocenters. The number of carbonyl (C=O) groups excluding carboxylic acids is 1. The van der Waals surface area contributed by atoms with Crippen LogP contribution in [0.15, 0.2) is 18.2 Å². The van der Waals surface area contributed by atoms with Gasteiger partial charge in [0.25, 0.3) is 5.91 Å². The van der Waals surface area contributed by atoms with Gasteiger partial charge in [0.15, 0.2) is 0 Å². The monoisotopic (exact) mass is 269 g/mol. The van der Waals surface area contributed by atoms with Crippen molar-refractivity contribution in [1.29, 1.82) is 0 Å². The molecule has 0 aliphatic rings. The number of halogens is 1. The highest BCUT2D eigenvalue weighted by atomic mass is 35.5. The average molecular weight is 270 g/mol. The highest BCUT2D eigenvalue weighted by Crippen LogP contribution is 2.22. The summed E-state index contributed by atoms with van der Waals surface area (Å²) in [5.41, 5.74) is 0.194. The first-order chi connectivity index (χ1) is 8.06. The molecule has 0 saturated heterocycles. The molecule has 0 aliphatic carbocycles. The van der Waals surface area contributed by atoms with E-state index in [4.69, 9.17) is 11.6 Å². The fourth-order valence-corrected chi connectivity index (χ4v) is 1.97. The van der Waals surface area contributed by atoms with Crippen molar-refractivity contribution in [1.82, 2.24) is 9.36 Å². The molecule has 17 heavy (non-hydrogen) atoms. The van der Waals surface area contributed by atoms with Crippen LogP contribution in [0.25, 0.3) is 0 Å². The summed E-state index contributed by atoms with van der Waals surface area (Å²) < 4.78 is 3.94. The Labute approximate surface area is 106 Å². The predicted molar refractivity (Wildman–Crippen MR) is 65.7 cm³/mol. The Balaban J connectivity index is 2.22. The Morgan fingerprint density at radius 3 is 2.94 bits per heavy atom. The van der Waals surface area contributed by atoms with E-state index in [-0.39, 0.29) is 16.3 Å². The minimum Gasteiger partial charge on any atom is -0.508 e. The zero-order valence-electron chi connectivity index (χ0n) is 8.77. The molecular weight excluding hydrogens is 262 g/mol. The van der Waals surface area contributed by atoms with E-state index >= 15 is 0 Å². The first-order valence-electron chi connectivity index (χ1n) is 4.66. The van der Waals surface area contributed by atoms with Gasteiger partial charge < -0.3 is 5.11 Å². The van der Waals surface area contributed by atoms with Gasteiger partial charge >= 0.3 is 0 Å². The zero-order valence-corrected chi connectivity index (χ0v) is 10.3. The average Bonchev–Trinajstić information content (AvgIpc) is 2.67. The molecule has 0 fully saturated rings. The standard InChI is InChI=1S/C10H8ClN3O2S/c1-5-12-10(17-14-5)13-9(16)7-4-6(15)2-3-8(7)11/h2-4,15H,1H3,(H,12,13,14,16). The van der Waals surface area contributed by atoms with Crippen molar-refractivity contribution < 1.29 is 9.90 Å². The van der Waals surface area contributed by atoms with Crippen molar-refractivity contribution >= 4 is 34.2 Å². The Hall–Kier alpha value is -1.66. The summed E-state index contributed by atoms with van der Waals surface area (Å²) in [6.07, 6.45) is 0. The quantitative estimate of drug-likeness (QED) is 0.878. The van der Waals surface area contributed by atoms with Crippen LogP contribution in [0.4, 0.5) is 5.13 Å². The van der Waals surface area contributed by atoms with E-state index in [0.717, 1.165) is 11.5 Å². The molecule has 0 bridgehead atoms. The molecule has 5 nitrogen and oxygen atoms in total. The van der Waals surface area contributed by atoms with Gasteiger partial charge in [-0.3, -0.25) is 10.1 Å². The van der Waals surface area contributed by atoms with Gasteiger partial charge in [0, 0.05) is 11.5 Å². The third-order valence-corrected chi connectivity index (χ3v) is 2.99. The van der Waals surface area contributed by atoms with Crippen LogP contribution in [-0.2, 0) is 0 Å². The lowest BCUT2D eigenvalue weighted by atomic mass is 10.2. The number of aromatic hydroxyl groups is 1. The summed E-state index contributed by atoms with van der Waals surface area (Å²) in [5, 5.41) is 12.5. The van der Waals surface area contributed by atoms with Gasteiger partial charge in [-0.15, -0.1) is 0 Å². The molecule has 0 saturated carbocycles. The van der Waals surface area contributed by atoms with E-state index < -0.39 is 5.91 Å². The lowest BCUT2D eigenvalue weighted by molar-refractivity contribution is 0.102. The highest BCUT2D eigenvalue weighted by molar-refractivity contribution is 7.09. The molecule has 0 aliphatic heterocycles. The summed E-state index contributed by atoms with van der Waals surface area (Å²) in [4.78, 5) is 15.8. The van der Waals surface area contributed by atoms with Crippen LogP contribution in [-0.4, -0.2) is 20.4 Å². The second-order valence-electron chi connectivity index (χ2n) is 3.27. The molecule has 1 aromatic heterocycles. The van der Waals surface area contributed by atoms with E-state index in [0.29, 0.717) is 11.0 Å². The van der Waals surface area contributed by atoms with Crippen LogP contribution < -0.4 is 5.32 Å². The first-order valence-corrected chi connectivity index (χ1v) is 5.81. The molecule has 0 radical (unpaired) electrons. The summed E-state index contributed by atoms with van der Waals surface area (Å²) in [5.74, 6) is 0.141. The van der Waals surface area contributed by atoms with Crippen molar-refractivity contribution in [3.05, 3.63) is 34.6 Å². The highest BCUT2D eigenvalue weighted by Gasteiger charge is 2.13. The normalized spacial score (nSPS) is 10.2. The molecule has 0 spiro atoms. The number of hydrogen-bond donors (Lipinski definition) is 2. The van der Waals surface area contributed by atoms with Gasteiger partial charge in [0.2, 0.25) is 5.13 Å². The Morgan fingerprint density at radius 2 is 2.29 bits per heavy atom. The molecule has 7 heteroatoms. The fourth-order valence-electron chi connectivity index (χ4n) is 1.20. The number of carbonyl (C=O) groups is 1. The molecular formula is C10H8ClN3O2S. The minimum atomic E-state index is -0.429. The van der Waals surface area contributed by atoms with Crippen molar-refractivity contribution in [3.8, 4) is 5.75 Å². The number of rotatable bonds is 2. The topological polar surface area (TPSA) is 75.1 Å². The number of phenolic OH excluding ortho intramolecular Hbond substituents is 1. The van der Waals surface area contributed by atoms with Gasteiger partial charge in [-0.25, -0.2) is 4.98 Å². The third-order valence-electron chi connectivity index (χ3n) is 1.94. The number of phenols is 1. The maximum absolute atomic E-state index is 11.8. The van der Waals surface area contributed by atoms with Crippen molar-refractivity contribution in [3.63, 3.8) is 0 Å². The third kappa shape index (κ3) is 2.72. The van der Waals surface area contributed by atoms with Crippen LogP contribution in [0.3, 0.4) is 0 Å². The molecule has 88 valence electrons. The lowest BCUT2D eigenvalue weighted by Crippen LogP contribution is -2.12. The van der Waals surface area contributed by atoms with Crippen LogP contribution in [0.5, 0.6) is 5.75 Å². The predicted octanol–water partition coefficient (Wildman–Crippen LogP) is 2.46. The van der Waals surface area contributed by atoms with Crippen molar-refractivity contribution in [2.45, 2.75) is 6.92 Å². The Morgan fingerprint density at radius 1 is 1.53 bits per heavy atom. The number of anilines is 1. The first kappa shape index (κ1) is 11.8. The largest absolute Gasteiger partial charge is 0.508 e. The number of hydrogen-bond acceptors (Lipinski definition) is 5. The van der Waals surface area contributed by atoms with E-state index in [9.17, 15) is 9.90 Å². The number of amides is 1. The van der Waals surface area contributed by atoms with Gasteiger partial charge in [-0.1, -0.05) is 11.6 Å². The SMILES string of the molecule is Cc1nsc(NC(=O)c2cc(O)ccc2Cl)n1. The van der Waals surface area contributed by atoms with Crippen LogP contribution in [0.1, 0.15) is 16.2 Å². The van der Waals surface area contributed by atoms with Crippen molar-refractivity contribution in [2.24, 2.45) is 0 Å². The summed E-state index contributed by atoms with van der Waals surface area (Å²) in [6, 6.07) is 4.16. The number of benzene rings is 1. The molecule has 2 rings (SSSR count). The summed E-state index contributed by atoms with van der Waals surface area (Å²) >= 11 is 6.94. The number of aromatic nitrogens is 2. The van der Waals surface area contributed by atoms with Crippen molar-refractivity contribution in [2.75, 3.05) is 5.32 Å². The Bertz CT molecular complexity index is 570. The van der Waals surface area contributed by atoms with Gasteiger partial charge in [-0.05, 0) is 25.1 Å². The van der Waals surface area contributed by atoms with E-state index in [2.05, 4.69) is 14.7 Å². The maximum Gasteiger partial charge on any atom is 0.259 e. The lowest BCUT2D eigenvalue weighted by Gasteiger charge is -2.03. The number of nitrogens with one attached hydrogen (secondary N) is 1. The summed E-state index contributed by atoms with van der Waals surface area (Å²) in [6.45, 7) is 1.73.